The van der Waals surface area contributed by atoms with E-state index >= 15 is 0 Å². The minimum Gasteiger partial charge on any atom is -0.334 e. The fraction of sp³-hybridized carbons (Fsp3) is 0.176. The van der Waals surface area contributed by atoms with Crippen molar-refractivity contribution in [2.24, 2.45) is 0 Å². The minimum absolute atomic E-state index is 0.137. The van der Waals surface area contributed by atoms with Gasteiger partial charge in [0.15, 0.2) is 11.5 Å². The highest BCUT2D eigenvalue weighted by atomic mass is 32.1. The molecule has 4 aromatic rings. The summed E-state index contributed by atoms with van der Waals surface area (Å²) in [5, 5.41) is 13.8. The Morgan fingerprint density at radius 3 is 2.50 bits per heavy atom. The van der Waals surface area contributed by atoms with Crippen LogP contribution in [-0.4, -0.2) is 35.4 Å². The summed E-state index contributed by atoms with van der Waals surface area (Å²) in [5.41, 5.74) is -0.351. The van der Waals surface area contributed by atoms with E-state index in [9.17, 15) is 18.0 Å². The third-order valence-electron chi connectivity index (χ3n) is 4.02. The van der Waals surface area contributed by atoms with Crippen LogP contribution in [0.2, 0.25) is 0 Å². The Labute approximate surface area is 170 Å². The molecule has 1 aromatic carbocycles. The van der Waals surface area contributed by atoms with Crippen LogP contribution in [0, 0.1) is 13.8 Å². The van der Waals surface area contributed by atoms with E-state index in [4.69, 9.17) is 4.52 Å². The standard InChI is InChI=1S/C17H12F3N7O2S/c1-8-13(30-26-24-8)15(28)23-10-3-5-11(6-4-10)27-14(17(18,19)20)12(7-21-27)16-22-9(2)25-29-16/h3-7H,1-2H3,(H,23,28). The normalized spacial score (nSPS) is 11.6. The average molecular weight is 435 g/mol. The summed E-state index contributed by atoms with van der Waals surface area (Å²) in [7, 11) is 0. The van der Waals surface area contributed by atoms with Gasteiger partial charge in [0, 0.05) is 5.69 Å². The van der Waals surface area contributed by atoms with Crippen LogP contribution in [0.5, 0.6) is 0 Å². The first-order valence-electron chi connectivity index (χ1n) is 8.40. The number of hydrogen-bond donors (Lipinski definition) is 1. The molecule has 0 unspecified atom stereocenters. The fourth-order valence-corrected chi connectivity index (χ4v) is 3.25. The minimum atomic E-state index is -4.72. The zero-order chi connectivity index (χ0) is 21.5. The third kappa shape index (κ3) is 3.66. The van der Waals surface area contributed by atoms with Crippen molar-refractivity contribution in [2.75, 3.05) is 5.32 Å². The summed E-state index contributed by atoms with van der Waals surface area (Å²) in [6.07, 6.45) is -3.71. The van der Waals surface area contributed by atoms with Crippen molar-refractivity contribution in [3.63, 3.8) is 0 Å². The molecule has 1 N–H and O–H groups in total. The van der Waals surface area contributed by atoms with E-state index < -0.39 is 17.8 Å². The molecule has 9 nitrogen and oxygen atoms in total. The summed E-state index contributed by atoms with van der Waals surface area (Å²) in [5.74, 6) is -0.472. The van der Waals surface area contributed by atoms with Crippen LogP contribution in [0.3, 0.4) is 0 Å². The van der Waals surface area contributed by atoms with E-state index in [1.54, 1.807) is 6.92 Å². The Morgan fingerprint density at radius 2 is 1.93 bits per heavy atom. The molecule has 0 saturated heterocycles. The van der Waals surface area contributed by atoms with Gasteiger partial charge in [-0.2, -0.15) is 23.3 Å². The molecule has 0 aliphatic carbocycles. The number of hydrogen-bond acceptors (Lipinski definition) is 8. The van der Waals surface area contributed by atoms with Crippen molar-refractivity contribution < 1.29 is 22.5 Å². The van der Waals surface area contributed by atoms with Gasteiger partial charge >= 0.3 is 6.18 Å². The van der Waals surface area contributed by atoms with Crippen molar-refractivity contribution in [1.29, 1.82) is 0 Å². The van der Waals surface area contributed by atoms with Gasteiger partial charge in [0.2, 0.25) is 0 Å². The van der Waals surface area contributed by atoms with Gasteiger partial charge in [0.05, 0.1) is 23.1 Å². The van der Waals surface area contributed by atoms with Crippen molar-refractivity contribution in [2.45, 2.75) is 20.0 Å². The molecule has 1 amide bonds. The maximum Gasteiger partial charge on any atom is 0.434 e. The van der Waals surface area contributed by atoms with Crippen LogP contribution in [0.4, 0.5) is 18.9 Å². The Kier molecular flexibility index (Phi) is 4.81. The molecular formula is C17H12F3N7O2S. The smallest absolute Gasteiger partial charge is 0.334 e. The number of aryl methyl sites for hydroxylation is 2. The first-order valence-corrected chi connectivity index (χ1v) is 9.18. The number of carbonyl (C=O) groups is 1. The van der Waals surface area contributed by atoms with Crippen molar-refractivity contribution in [1.82, 2.24) is 29.5 Å². The van der Waals surface area contributed by atoms with Crippen LogP contribution in [0.25, 0.3) is 17.1 Å². The van der Waals surface area contributed by atoms with Crippen molar-refractivity contribution in [3.8, 4) is 17.1 Å². The van der Waals surface area contributed by atoms with Gasteiger partial charge in [-0.1, -0.05) is 9.64 Å². The Bertz CT molecular complexity index is 1210. The lowest BCUT2D eigenvalue weighted by Gasteiger charge is -2.12. The van der Waals surface area contributed by atoms with Crippen molar-refractivity contribution in [3.05, 3.63) is 52.6 Å². The number of alkyl halides is 3. The van der Waals surface area contributed by atoms with Gasteiger partial charge < -0.3 is 9.84 Å². The summed E-state index contributed by atoms with van der Waals surface area (Å²) in [4.78, 5) is 16.4. The molecule has 3 aromatic heterocycles. The van der Waals surface area contributed by atoms with Gasteiger partial charge in [0.1, 0.15) is 4.88 Å². The highest BCUT2D eigenvalue weighted by Crippen LogP contribution is 2.38. The second-order valence-corrected chi connectivity index (χ2v) is 6.91. The maximum absolute atomic E-state index is 13.7. The van der Waals surface area contributed by atoms with Gasteiger partial charge in [0.25, 0.3) is 11.8 Å². The monoisotopic (exact) mass is 435 g/mol. The highest BCUT2D eigenvalue weighted by molar-refractivity contribution is 7.08. The van der Waals surface area contributed by atoms with E-state index in [2.05, 4.69) is 30.1 Å². The maximum atomic E-state index is 13.7. The van der Waals surface area contributed by atoms with Crippen LogP contribution < -0.4 is 5.32 Å². The Balaban J connectivity index is 1.65. The molecular weight excluding hydrogens is 423 g/mol. The Morgan fingerprint density at radius 1 is 1.20 bits per heavy atom. The lowest BCUT2D eigenvalue weighted by molar-refractivity contribution is -0.142. The van der Waals surface area contributed by atoms with Crippen LogP contribution in [0.1, 0.15) is 26.9 Å². The number of aromatic nitrogens is 6. The van der Waals surface area contributed by atoms with E-state index in [-0.39, 0.29) is 23.0 Å². The fourth-order valence-electron chi connectivity index (χ4n) is 2.69. The molecule has 0 aliphatic heterocycles. The quantitative estimate of drug-likeness (QED) is 0.521. The van der Waals surface area contributed by atoms with Crippen LogP contribution in [0.15, 0.2) is 35.0 Å². The molecule has 4 rings (SSSR count). The number of nitrogens with one attached hydrogen (secondary N) is 1. The first kappa shape index (κ1) is 19.7. The van der Waals surface area contributed by atoms with Gasteiger partial charge in [-0.15, -0.1) is 5.10 Å². The number of halogens is 3. The zero-order valence-corrected chi connectivity index (χ0v) is 16.2. The SMILES string of the molecule is Cc1noc(-c2cnn(-c3ccc(NC(=O)c4snnc4C)cc3)c2C(F)(F)F)n1. The molecule has 3 heterocycles. The number of amides is 1. The number of anilines is 1. The highest BCUT2D eigenvalue weighted by Gasteiger charge is 2.40. The molecule has 13 heteroatoms. The topological polar surface area (TPSA) is 112 Å². The molecule has 0 radical (unpaired) electrons. The molecule has 30 heavy (non-hydrogen) atoms. The molecule has 0 spiro atoms. The molecule has 0 bridgehead atoms. The number of nitrogens with zero attached hydrogens (tertiary/aromatic N) is 6. The number of carbonyl (C=O) groups excluding carboxylic acids is 1. The Hall–Kier alpha value is -3.61. The van der Waals surface area contributed by atoms with Crippen molar-refractivity contribution >= 4 is 23.1 Å². The lowest BCUT2D eigenvalue weighted by Crippen LogP contribution is -2.15. The van der Waals surface area contributed by atoms with Crippen LogP contribution in [-0.2, 0) is 6.18 Å². The third-order valence-corrected chi connectivity index (χ3v) is 4.85. The summed E-state index contributed by atoms with van der Waals surface area (Å²) in [6, 6.07) is 5.74. The van der Waals surface area contributed by atoms with Crippen LogP contribution >= 0.6 is 11.5 Å². The zero-order valence-electron chi connectivity index (χ0n) is 15.4. The number of rotatable bonds is 4. The molecule has 154 valence electrons. The first-order chi connectivity index (χ1) is 14.2. The van der Waals surface area contributed by atoms with Gasteiger partial charge in [-0.25, -0.2) is 4.68 Å². The van der Waals surface area contributed by atoms with E-state index in [1.165, 1.54) is 31.2 Å². The molecule has 0 aliphatic rings. The summed E-state index contributed by atoms with van der Waals surface area (Å²) < 4.78 is 50.5. The average Bonchev–Trinajstić information content (AvgIpc) is 3.40. The van der Waals surface area contributed by atoms with E-state index in [0.29, 0.717) is 16.3 Å². The van der Waals surface area contributed by atoms with E-state index in [1.807, 2.05) is 0 Å². The predicted molar refractivity (Wildman–Crippen MR) is 99.2 cm³/mol. The summed E-state index contributed by atoms with van der Waals surface area (Å²) >= 11 is 0.952. The van der Waals surface area contributed by atoms with Gasteiger partial charge in [-0.05, 0) is 49.6 Å². The molecule has 0 fully saturated rings. The molecule has 0 atom stereocenters. The predicted octanol–water partition coefficient (Wildman–Crippen LogP) is 3.66. The molecule has 0 saturated carbocycles. The largest absolute Gasteiger partial charge is 0.434 e. The lowest BCUT2D eigenvalue weighted by atomic mass is 10.2. The summed E-state index contributed by atoms with van der Waals surface area (Å²) in [6.45, 7) is 3.15. The number of benzene rings is 1. The second kappa shape index (κ2) is 7.33. The van der Waals surface area contributed by atoms with Gasteiger partial charge in [-0.3, -0.25) is 4.79 Å². The van der Waals surface area contributed by atoms with E-state index in [0.717, 1.165) is 22.4 Å². The second-order valence-electron chi connectivity index (χ2n) is 6.15.